The van der Waals surface area contributed by atoms with E-state index in [4.69, 9.17) is 23.7 Å². The number of esters is 1. The summed E-state index contributed by atoms with van der Waals surface area (Å²) in [6, 6.07) is -1.11. The molecule has 0 aromatic heterocycles. The van der Waals surface area contributed by atoms with Crippen LogP contribution < -0.4 is 10.6 Å². The third-order valence-corrected chi connectivity index (χ3v) is 9.89. The fraction of sp³-hybridized carbons (Fsp3) is 0.932. The van der Waals surface area contributed by atoms with Crippen molar-refractivity contribution in [3.8, 4) is 0 Å². The van der Waals surface area contributed by atoms with Crippen LogP contribution in [0.1, 0.15) is 206 Å². The van der Waals surface area contributed by atoms with Gasteiger partial charge in [0.25, 0.3) is 0 Å². The lowest BCUT2D eigenvalue weighted by atomic mass is 10.0. The van der Waals surface area contributed by atoms with E-state index in [1.165, 1.54) is 154 Å². The van der Waals surface area contributed by atoms with Gasteiger partial charge in [-0.15, -0.1) is 0 Å². The molecule has 0 aliphatic heterocycles. The van der Waals surface area contributed by atoms with Crippen molar-refractivity contribution in [3.63, 3.8) is 0 Å². The lowest BCUT2D eigenvalue weighted by Crippen LogP contribution is -2.49. The molecule has 0 heterocycles. The van der Waals surface area contributed by atoms with E-state index in [1.807, 2.05) is 0 Å². The molecule has 2 amide bonds. The first kappa shape index (κ1) is 51.9. The van der Waals surface area contributed by atoms with Gasteiger partial charge in [0, 0.05) is 7.11 Å². The van der Waals surface area contributed by atoms with E-state index < -0.39 is 24.2 Å². The van der Waals surface area contributed by atoms with Gasteiger partial charge in [0.1, 0.15) is 12.6 Å². The second-order valence-electron chi connectivity index (χ2n) is 15.0. The number of nitrogens with one attached hydrogen (secondary N) is 2. The van der Waals surface area contributed by atoms with E-state index in [0.717, 1.165) is 38.5 Å². The Kier molecular flexibility index (Phi) is 42.0. The number of carbonyl (C=O) groups excluding carboxylic acids is 3. The first-order chi connectivity index (χ1) is 26.5. The van der Waals surface area contributed by atoms with Crippen LogP contribution in [0.2, 0.25) is 0 Å². The molecule has 54 heavy (non-hydrogen) atoms. The van der Waals surface area contributed by atoms with E-state index in [2.05, 4.69) is 24.5 Å². The van der Waals surface area contributed by atoms with Crippen molar-refractivity contribution in [2.45, 2.75) is 213 Å². The molecule has 0 fully saturated rings. The number of hydrogen-bond acceptors (Lipinski definition) is 8. The van der Waals surface area contributed by atoms with Gasteiger partial charge in [0.15, 0.2) is 0 Å². The highest BCUT2D eigenvalue weighted by atomic mass is 16.6. The number of hydrogen-bond donors (Lipinski definition) is 2. The molecule has 10 nitrogen and oxygen atoms in total. The lowest BCUT2D eigenvalue weighted by molar-refractivity contribution is -0.147. The minimum Gasteiger partial charge on any atom is -0.462 e. The monoisotopic (exact) mass is 771 g/mol. The Hall–Kier alpha value is -2.07. The van der Waals surface area contributed by atoms with Crippen LogP contribution in [0.25, 0.3) is 0 Å². The smallest absolute Gasteiger partial charge is 0.407 e. The molecule has 0 aromatic rings. The summed E-state index contributed by atoms with van der Waals surface area (Å²) in [7, 11) is 1.58. The highest BCUT2D eigenvalue weighted by molar-refractivity contribution is 5.82. The van der Waals surface area contributed by atoms with E-state index in [9.17, 15) is 14.4 Å². The Morgan fingerprint density at radius 3 is 1.15 bits per heavy atom. The molecule has 0 aromatic carbocycles. The van der Waals surface area contributed by atoms with Crippen LogP contribution in [0, 0.1) is 0 Å². The van der Waals surface area contributed by atoms with Crippen LogP contribution in [0.4, 0.5) is 9.59 Å². The van der Waals surface area contributed by atoms with E-state index in [-0.39, 0.29) is 26.4 Å². The molecule has 0 saturated heterocycles. The number of carbonyl (C=O) groups is 3. The molecule has 0 saturated carbocycles. The third-order valence-electron chi connectivity index (χ3n) is 9.89. The Morgan fingerprint density at radius 1 is 0.407 bits per heavy atom. The summed E-state index contributed by atoms with van der Waals surface area (Å²) >= 11 is 0. The van der Waals surface area contributed by atoms with Gasteiger partial charge in [-0.2, -0.15) is 0 Å². The standard InChI is InChI=1S/C44H86N2O8/c1-4-6-8-10-12-14-16-18-20-21-23-25-27-29-31-33-35-54-44(49)46-41(42(47)52-39-38-51-37-36-50-3)40-45-43(48)53-34-32-30-28-26-24-22-19-17-15-13-11-9-7-5-2/h41H,4-40H2,1-3H3,(H,45,48)(H,46,49). The SMILES string of the molecule is CCCCCCCCCCCCCCCCCCOC(=O)NC(CNC(=O)OCCCCCCCCCCCCCCCC)C(=O)OCCOCCOC. The largest absolute Gasteiger partial charge is 0.462 e. The number of methoxy groups -OCH3 is 1. The van der Waals surface area contributed by atoms with Crippen molar-refractivity contribution in [3.05, 3.63) is 0 Å². The minimum absolute atomic E-state index is 0.0124. The zero-order chi connectivity index (χ0) is 39.4. The van der Waals surface area contributed by atoms with Crippen LogP contribution in [0.5, 0.6) is 0 Å². The van der Waals surface area contributed by atoms with Crippen LogP contribution in [-0.2, 0) is 28.5 Å². The first-order valence-electron chi connectivity index (χ1n) is 22.6. The van der Waals surface area contributed by atoms with Crippen molar-refractivity contribution in [1.29, 1.82) is 0 Å². The summed E-state index contributed by atoms with van der Waals surface area (Å²) in [6.07, 6.45) is 36.6. The Balaban J connectivity index is 4.11. The summed E-state index contributed by atoms with van der Waals surface area (Å²) in [5, 5.41) is 5.13. The van der Waals surface area contributed by atoms with E-state index in [0.29, 0.717) is 19.8 Å². The maximum Gasteiger partial charge on any atom is 0.407 e. The summed E-state index contributed by atoms with van der Waals surface area (Å²) in [5.41, 5.74) is 0. The highest BCUT2D eigenvalue weighted by Crippen LogP contribution is 2.15. The molecule has 2 N–H and O–H groups in total. The zero-order valence-corrected chi connectivity index (χ0v) is 35.5. The summed E-state index contributed by atoms with van der Waals surface area (Å²) < 4.78 is 26.2. The number of rotatable bonds is 42. The maximum atomic E-state index is 12.8. The third kappa shape index (κ3) is 39.6. The van der Waals surface area contributed by atoms with Crippen LogP contribution in [0.15, 0.2) is 0 Å². The van der Waals surface area contributed by atoms with Crippen molar-refractivity contribution in [2.75, 3.05) is 53.3 Å². The van der Waals surface area contributed by atoms with Crippen molar-refractivity contribution in [2.24, 2.45) is 0 Å². The molecule has 1 atom stereocenters. The zero-order valence-electron chi connectivity index (χ0n) is 35.5. The Bertz CT molecular complexity index is 815. The van der Waals surface area contributed by atoms with Crippen LogP contribution in [0.3, 0.4) is 0 Å². The van der Waals surface area contributed by atoms with Crippen LogP contribution in [-0.4, -0.2) is 77.5 Å². The van der Waals surface area contributed by atoms with Gasteiger partial charge in [0.05, 0.1) is 39.6 Å². The molecule has 0 spiro atoms. The molecular weight excluding hydrogens is 684 g/mol. The number of alkyl carbamates (subject to hydrolysis) is 2. The van der Waals surface area contributed by atoms with Gasteiger partial charge < -0.3 is 34.3 Å². The maximum absolute atomic E-state index is 12.8. The van der Waals surface area contributed by atoms with E-state index in [1.54, 1.807) is 7.11 Å². The van der Waals surface area contributed by atoms with E-state index >= 15 is 0 Å². The fourth-order valence-corrected chi connectivity index (χ4v) is 6.44. The Labute approximate surface area is 332 Å². The average Bonchev–Trinajstić information content (AvgIpc) is 3.17. The summed E-state index contributed by atoms with van der Waals surface area (Å²) in [5.74, 6) is -0.683. The molecule has 0 bridgehead atoms. The molecule has 0 radical (unpaired) electrons. The van der Waals surface area contributed by atoms with Crippen molar-refractivity contribution >= 4 is 18.2 Å². The van der Waals surface area contributed by atoms with Gasteiger partial charge in [-0.1, -0.05) is 194 Å². The van der Waals surface area contributed by atoms with Gasteiger partial charge in [-0.25, -0.2) is 14.4 Å². The van der Waals surface area contributed by atoms with Crippen molar-refractivity contribution in [1.82, 2.24) is 10.6 Å². The predicted octanol–water partition coefficient (Wildman–Crippen LogP) is 11.8. The second-order valence-corrected chi connectivity index (χ2v) is 15.0. The Morgan fingerprint density at radius 2 is 0.759 bits per heavy atom. The average molecular weight is 771 g/mol. The summed E-state index contributed by atoms with van der Waals surface area (Å²) in [6.45, 7) is 5.97. The van der Waals surface area contributed by atoms with Gasteiger partial charge >= 0.3 is 18.2 Å². The quantitative estimate of drug-likeness (QED) is 0.0357. The number of unbranched alkanes of at least 4 members (excludes halogenated alkanes) is 28. The molecule has 0 aliphatic carbocycles. The molecule has 320 valence electrons. The molecular formula is C44H86N2O8. The molecule has 10 heteroatoms. The van der Waals surface area contributed by atoms with Crippen LogP contribution >= 0.6 is 0 Å². The first-order valence-corrected chi connectivity index (χ1v) is 22.6. The number of amides is 2. The fourth-order valence-electron chi connectivity index (χ4n) is 6.44. The molecule has 1 unspecified atom stereocenters. The normalized spacial score (nSPS) is 11.7. The topological polar surface area (TPSA) is 121 Å². The molecule has 0 aliphatic rings. The molecule has 0 rings (SSSR count). The predicted molar refractivity (Wildman–Crippen MR) is 221 cm³/mol. The lowest BCUT2D eigenvalue weighted by Gasteiger charge is -2.18. The van der Waals surface area contributed by atoms with Gasteiger partial charge in [-0.3, -0.25) is 0 Å². The summed E-state index contributed by atoms with van der Waals surface area (Å²) in [4.78, 5) is 37.6. The van der Waals surface area contributed by atoms with Crippen molar-refractivity contribution < 1.29 is 38.1 Å². The van der Waals surface area contributed by atoms with Gasteiger partial charge in [-0.05, 0) is 12.8 Å². The van der Waals surface area contributed by atoms with Gasteiger partial charge in [0.2, 0.25) is 0 Å². The highest BCUT2D eigenvalue weighted by Gasteiger charge is 2.24. The second kappa shape index (κ2) is 43.7. The number of ether oxygens (including phenoxy) is 5. The minimum atomic E-state index is -1.11.